The highest BCUT2D eigenvalue weighted by Crippen LogP contribution is 2.17. The molecular formula is C10H21N5S. The predicted molar refractivity (Wildman–Crippen MR) is 67.2 cm³/mol. The SMILES string of the molecule is CCCCn1nnnc1CSC(C)CCN. The van der Waals surface area contributed by atoms with E-state index in [0.29, 0.717) is 5.25 Å². The van der Waals surface area contributed by atoms with Gasteiger partial charge in [0.2, 0.25) is 0 Å². The molecule has 0 saturated heterocycles. The summed E-state index contributed by atoms with van der Waals surface area (Å²) in [5, 5.41) is 12.3. The van der Waals surface area contributed by atoms with Crippen molar-refractivity contribution in [1.29, 1.82) is 0 Å². The molecule has 2 N–H and O–H groups in total. The van der Waals surface area contributed by atoms with Gasteiger partial charge in [-0.15, -0.1) is 5.10 Å². The van der Waals surface area contributed by atoms with E-state index in [0.717, 1.165) is 43.9 Å². The van der Waals surface area contributed by atoms with Crippen LogP contribution in [0.3, 0.4) is 0 Å². The van der Waals surface area contributed by atoms with Crippen LogP contribution in [0.15, 0.2) is 0 Å². The molecule has 1 unspecified atom stereocenters. The van der Waals surface area contributed by atoms with Gasteiger partial charge in [0.15, 0.2) is 5.82 Å². The van der Waals surface area contributed by atoms with Crippen molar-refractivity contribution in [2.24, 2.45) is 5.73 Å². The van der Waals surface area contributed by atoms with Crippen molar-refractivity contribution in [3.8, 4) is 0 Å². The van der Waals surface area contributed by atoms with Crippen molar-refractivity contribution in [2.75, 3.05) is 6.54 Å². The molecule has 1 aromatic rings. The zero-order chi connectivity index (χ0) is 11.8. The minimum atomic E-state index is 0.571. The van der Waals surface area contributed by atoms with Gasteiger partial charge in [-0.1, -0.05) is 20.3 Å². The highest BCUT2D eigenvalue weighted by Gasteiger charge is 2.08. The van der Waals surface area contributed by atoms with E-state index >= 15 is 0 Å². The summed E-state index contributed by atoms with van der Waals surface area (Å²) in [7, 11) is 0. The lowest BCUT2D eigenvalue weighted by Gasteiger charge is -2.09. The Morgan fingerprint density at radius 3 is 3.00 bits per heavy atom. The normalized spacial score (nSPS) is 12.9. The van der Waals surface area contributed by atoms with Gasteiger partial charge in [0.25, 0.3) is 0 Å². The quantitative estimate of drug-likeness (QED) is 0.748. The van der Waals surface area contributed by atoms with E-state index in [2.05, 4.69) is 29.4 Å². The van der Waals surface area contributed by atoms with Crippen LogP contribution in [0.25, 0.3) is 0 Å². The summed E-state index contributed by atoms with van der Waals surface area (Å²) in [6.07, 6.45) is 3.33. The number of hydrogen-bond donors (Lipinski definition) is 1. The summed E-state index contributed by atoms with van der Waals surface area (Å²) in [6, 6.07) is 0. The van der Waals surface area contributed by atoms with Crippen LogP contribution in [-0.2, 0) is 12.3 Å². The molecule has 0 aliphatic rings. The van der Waals surface area contributed by atoms with Crippen LogP contribution in [0.4, 0.5) is 0 Å². The second kappa shape index (κ2) is 7.62. The first-order valence-electron chi connectivity index (χ1n) is 5.84. The van der Waals surface area contributed by atoms with Crippen molar-refractivity contribution in [2.45, 2.75) is 50.7 Å². The fourth-order valence-corrected chi connectivity index (χ4v) is 2.29. The Morgan fingerprint density at radius 2 is 2.31 bits per heavy atom. The van der Waals surface area contributed by atoms with E-state index in [1.807, 2.05) is 16.4 Å². The van der Waals surface area contributed by atoms with Gasteiger partial charge in [-0.2, -0.15) is 11.8 Å². The molecule has 1 rings (SSSR count). The summed E-state index contributed by atoms with van der Waals surface area (Å²) in [5.41, 5.74) is 5.52. The fourth-order valence-electron chi connectivity index (χ4n) is 1.34. The molecule has 0 radical (unpaired) electrons. The molecule has 1 atom stereocenters. The zero-order valence-electron chi connectivity index (χ0n) is 10.1. The molecule has 0 saturated carbocycles. The largest absolute Gasteiger partial charge is 0.330 e. The van der Waals surface area contributed by atoms with Gasteiger partial charge in [-0.05, 0) is 29.8 Å². The van der Waals surface area contributed by atoms with Crippen molar-refractivity contribution >= 4 is 11.8 Å². The van der Waals surface area contributed by atoms with Gasteiger partial charge in [0.1, 0.15) is 0 Å². The highest BCUT2D eigenvalue weighted by molar-refractivity contribution is 7.99. The summed E-state index contributed by atoms with van der Waals surface area (Å²) in [6.45, 7) is 6.03. The Labute approximate surface area is 101 Å². The number of aromatic nitrogens is 4. The number of nitrogens with two attached hydrogens (primary N) is 1. The van der Waals surface area contributed by atoms with Crippen molar-refractivity contribution in [3.63, 3.8) is 0 Å². The van der Waals surface area contributed by atoms with Gasteiger partial charge >= 0.3 is 0 Å². The van der Waals surface area contributed by atoms with Crippen molar-refractivity contribution < 1.29 is 0 Å². The first kappa shape index (κ1) is 13.4. The Balaban J connectivity index is 2.37. The number of nitrogens with zero attached hydrogens (tertiary/aromatic N) is 4. The maximum Gasteiger partial charge on any atom is 0.161 e. The van der Waals surface area contributed by atoms with Crippen LogP contribution in [0.2, 0.25) is 0 Å². The molecule has 0 bridgehead atoms. The summed E-state index contributed by atoms with van der Waals surface area (Å²) >= 11 is 1.86. The molecule has 92 valence electrons. The van der Waals surface area contributed by atoms with Gasteiger partial charge in [-0.3, -0.25) is 0 Å². The number of rotatable bonds is 8. The Bertz CT molecular complexity index is 288. The maximum absolute atomic E-state index is 5.52. The van der Waals surface area contributed by atoms with Crippen LogP contribution in [0.1, 0.15) is 38.9 Å². The lowest BCUT2D eigenvalue weighted by atomic mass is 10.3. The van der Waals surface area contributed by atoms with Crippen LogP contribution in [0, 0.1) is 0 Å². The summed E-state index contributed by atoms with van der Waals surface area (Å²) in [4.78, 5) is 0. The topological polar surface area (TPSA) is 69.6 Å². The minimum absolute atomic E-state index is 0.571. The Kier molecular flexibility index (Phi) is 6.40. The molecule has 0 fully saturated rings. The Hall–Kier alpha value is -0.620. The summed E-state index contributed by atoms with van der Waals surface area (Å²) < 4.78 is 1.91. The van der Waals surface area contributed by atoms with Crippen LogP contribution >= 0.6 is 11.8 Å². The third-order valence-corrected chi connectivity index (χ3v) is 3.63. The minimum Gasteiger partial charge on any atom is -0.330 e. The number of tetrazole rings is 1. The first-order chi connectivity index (χ1) is 7.77. The molecule has 6 heteroatoms. The van der Waals surface area contributed by atoms with Gasteiger partial charge in [0.05, 0.1) is 5.75 Å². The van der Waals surface area contributed by atoms with E-state index in [-0.39, 0.29) is 0 Å². The molecule has 0 aliphatic heterocycles. The van der Waals surface area contributed by atoms with Crippen LogP contribution < -0.4 is 5.73 Å². The third kappa shape index (κ3) is 4.49. The number of aryl methyl sites for hydroxylation is 1. The highest BCUT2D eigenvalue weighted by atomic mass is 32.2. The molecule has 16 heavy (non-hydrogen) atoms. The molecule has 5 nitrogen and oxygen atoms in total. The average molecular weight is 243 g/mol. The van der Waals surface area contributed by atoms with Crippen molar-refractivity contribution in [1.82, 2.24) is 20.2 Å². The lowest BCUT2D eigenvalue weighted by Crippen LogP contribution is -2.09. The van der Waals surface area contributed by atoms with E-state index in [9.17, 15) is 0 Å². The Morgan fingerprint density at radius 1 is 1.50 bits per heavy atom. The summed E-state index contributed by atoms with van der Waals surface area (Å²) in [5.74, 6) is 1.85. The van der Waals surface area contributed by atoms with E-state index in [1.54, 1.807) is 0 Å². The molecule has 0 spiro atoms. The lowest BCUT2D eigenvalue weighted by molar-refractivity contribution is 0.540. The van der Waals surface area contributed by atoms with E-state index < -0.39 is 0 Å². The molecule has 1 aromatic heterocycles. The zero-order valence-corrected chi connectivity index (χ0v) is 10.9. The second-order valence-corrected chi connectivity index (χ2v) is 5.30. The van der Waals surface area contributed by atoms with Crippen LogP contribution in [-0.4, -0.2) is 32.0 Å². The molecule has 0 aliphatic carbocycles. The number of thioether (sulfide) groups is 1. The fraction of sp³-hybridized carbons (Fsp3) is 0.900. The maximum atomic E-state index is 5.52. The molecule has 0 amide bonds. The third-order valence-electron chi connectivity index (χ3n) is 2.40. The monoisotopic (exact) mass is 243 g/mol. The smallest absolute Gasteiger partial charge is 0.161 e. The average Bonchev–Trinajstić information content (AvgIpc) is 2.71. The molecule has 1 heterocycles. The first-order valence-corrected chi connectivity index (χ1v) is 6.89. The van der Waals surface area contributed by atoms with Gasteiger partial charge < -0.3 is 5.73 Å². The predicted octanol–water partition coefficient (Wildman–Crippen LogP) is 1.44. The van der Waals surface area contributed by atoms with Gasteiger partial charge in [-0.25, -0.2) is 4.68 Å². The standard InChI is InChI=1S/C10H21N5S/c1-3-4-7-15-10(12-13-14-15)8-16-9(2)5-6-11/h9H,3-8,11H2,1-2H3. The molecular weight excluding hydrogens is 222 g/mol. The van der Waals surface area contributed by atoms with Crippen molar-refractivity contribution in [3.05, 3.63) is 5.82 Å². The second-order valence-electron chi connectivity index (χ2n) is 3.87. The van der Waals surface area contributed by atoms with Crippen LogP contribution in [0.5, 0.6) is 0 Å². The van der Waals surface area contributed by atoms with E-state index in [1.165, 1.54) is 0 Å². The molecule has 0 aromatic carbocycles. The van der Waals surface area contributed by atoms with E-state index in [4.69, 9.17) is 5.73 Å². The number of unbranched alkanes of at least 4 members (excludes halogenated alkanes) is 1. The number of hydrogen-bond acceptors (Lipinski definition) is 5. The van der Waals surface area contributed by atoms with Gasteiger partial charge in [0, 0.05) is 11.8 Å².